The average molecular weight is 276 g/mol. The number of carbonyl (C=O) groups is 2. The number of nitrogens with one attached hydrogen (secondary N) is 1. The zero-order valence-electron chi connectivity index (χ0n) is 10.4. The molecule has 1 aromatic carbocycles. The molecule has 2 N–H and O–H groups in total. The molecule has 6 heteroatoms. The predicted octanol–water partition coefficient (Wildman–Crippen LogP) is 2.71. The molecule has 0 atom stereocenters. The summed E-state index contributed by atoms with van der Waals surface area (Å²) in [6.45, 7) is 3.48. The number of amides is 1. The van der Waals surface area contributed by atoms with Gasteiger partial charge in [0.2, 0.25) is 0 Å². The van der Waals surface area contributed by atoms with Gasteiger partial charge in [0.1, 0.15) is 10.6 Å². The maximum Gasteiger partial charge on any atom is 0.340 e. The van der Waals surface area contributed by atoms with Gasteiger partial charge < -0.3 is 10.4 Å². The van der Waals surface area contributed by atoms with Crippen molar-refractivity contribution in [2.24, 2.45) is 0 Å². The molecule has 2 aromatic rings. The summed E-state index contributed by atoms with van der Waals surface area (Å²) in [4.78, 5) is 23.1. The molecule has 0 bridgehead atoms. The van der Waals surface area contributed by atoms with Gasteiger partial charge in [-0.25, -0.2) is 4.79 Å². The molecule has 0 saturated heterocycles. The summed E-state index contributed by atoms with van der Waals surface area (Å²) in [6, 6.07) is 7.08. The van der Waals surface area contributed by atoms with Crippen molar-refractivity contribution in [3.63, 3.8) is 0 Å². The topological polar surface area (TPSA) is 79.3 Å². The number of hydrogen-bond donors (Lipinski definition) is 2. The van der Waals surface area contributed by atoms with E-state index in [4.69, 9.17) is 5.11 Å². The molecule has 1 aromatic heterocycles. The Balaban J connectivity index is 2.27. The predicted molar refractivity (Wildman–Crippen MR) is 72.9 cm³/mol. The van der Waals surface area contributed by atoms with Crippen molar-refractivity contribution < 1.29 is 14.7 Å². The van der Waals surface area contributed by atoms with Crippen LogP contribution in [0.15, 0.2) is 24.3 Å². The minimum atomic E-state index is -1.09. The molecule has 1 amide bonds. The van der Waals surface area contributed by atoms with E-state index in [2.05, 4.69) is 9.69 Å². The van der Waals surface area contributed by atoms with Crippen LogP contribution < -0.4 is 5.32 Å². The lowest BCUT2D eigenvalue weighted by Crippen LogP contribution is -2.13. The van der Waals surface area contributed by atoms with Crippen LogP contribution in [0, 0.1) is 13.8 Å². The number of aromatic carboxylic acids is 1. The van der Waals surface area contributed by atoms with Gasteiger partial charge >= 0.3 is 5.97 Å². The SMILES string of the molecule is Cc1cccc(C(=O)Nc2snc(C)c2C(=O)O)c1. The molecule has 0 aliphatic heterocycles. The van der Waals surface area contributed by atoms with Crippen LogP contribution in [0.2, 0.25) is 0 Å². The van der Waals surface area contributed by atoms with E-state index in [9.17, 15) is 9.59 Å². The maximum absolute atomic E-state index is 12.0. The number of carbonyl (C=O) groups excluding carboxylic acids is 1. The molecule has 0 spiro atoms. The Hall–Kier alpha value is -2.21. The fourth-order valence-corrected chi connectivity index (χ4v) is 2.45. The number of carboxylic acids is 1. The summed E-state index contributed by atoms with van der Waals surface area (Å²) in [7, 11) is 0. The largest absolute Gasteiger partial charge is 0.478 e. The highest BCUT2D eigenvalue weighted by Crippen LogP contribution is 2.25. The van der Waals surface area contributed by atoms with E-state index in [0.29, 0.717) is 11.3 Å². The minimum absolute atomic E-state index is 0.0472. The standard InChI is InChI=1S/C13H12N2O3S/c1-7-4-3-5-9(6-7)11(16)14-12-10(13(17)18)8(2)15-19-12/h3-6H,1-2H3,(H,14,16)(H,17,18). The highest BCUT2D eigenvalue weighted by molar-refractivity contribution is 7.11. The van der Waals surface area contributed by atoms with E-state index in [1.165, 1.54) is 0 Å². The average Bonchev–Trinajstić information content (AvgIpc) is 2.70. The number of hydrogen-bond acceptors (Lipinski definition) is 4. The zero-order chi connectivity index (χ0) is 14.0. The maximum atomic E-state index is 12.0. The van der Waals surface area contributed by atoms with Crippen molar-refractivity contribution in [3.05, 3.63) is 46.6 Å². The van der Waals surface area contributed by atoms with E-state index < -0.39 is 5.97 Å². The Morgan fingerprint density at radius 3 is 2.68 bits per heavy atom. The molecule has 98 valence electrons. The first-order chi connectivity index (χ1) is 8.99. The second kappa shape index (κ2) is 5.19. The van der Waals surface area contributed by atoms with Gasteiger partial charge in [-0.15, -0.1) is 0 Å². The van der Waals surface area contributed by atoms with Gasteiger partial charge in [-0.1, -0.05) is 17.7 Å². The van der Waals surface area contributed by atoms with E-state index >= 15 is 0 Å². The summed E-state index contributed by atoms with van der Waals surface area (Å²) in [5, 5.41) is 11.9. The van der Waals surface area contributed by atoms with Crippen molar-refractivity contribution in [1.29, 1.82) is 0 Å². The number of anilines is 1. The van der Waals surface area contributed by atoms with Crippen LogP contribution in [0.3, 0.4) is 0 Å². The number of aryl methyl sites for hydroxylation is 2. The van der Waals surface area contributed by atoms with Crippen LogP contribution >= 0.6 is 11.5 Å². The number of nitrogens with zero attached hydrogens (tertiary/aromatic N) is 1. The summed E-state index contributed by atoms with van der Waals surface area (Å²) in [5.41, 5.74) is 1.90. The highest BCUT2D eigenvalue weighted by Gasteiger charge is 2.19. The molecule has 0 fully saturated rings. The second-order valence-electron chi connectivity index (χ2n) is 4.10. The van der Waals surface area contributed by atoms with Crippen LogP contribution in [-0.2, 0) is 0 Å². The molecule has 5 nitrogen and oxygen atoms in total. The summed E-state index contributed by atoms with van der Waals surface area (Å²) >= 11 is 0.969. The molecule has 0 radical (unpaired) electrons. The third kappa shape index (κ3) is 2.79. The Kier molecular flexibility index (Phi) is 3.62. The van der Waals surface area contributed by atoms with E-state index in [0.717, 1.165) is 17.1 Å². The lowest BCUT2D eigenvalue weighted by Gasteiger charge is -2.04. The van der Waals surface area contributed by atoms with Gasteiger partial charge in [-0.05, 0) is 37.5 Å². The Morgan fingerprint density at radius 2 is 2.05 bits per heavy atom. The van der Waals surface area contributed by atoms with Gasteiger partial charge in [-0.3, -0.25) is 4.79 Å². The quantitative estimate of drug-likeness (QED) is 0.903. The van der Waals surface area contributed by atoms with Crippen molar-refractivity contribution in [2.45, 2.75) is 13.8 Å². The smallest absolute Gasteiger partial charge is 0.340 e. The molecule has 0 unspecified atom stereocenters. The Bertz CT molecular complexity index is 649. The minimum Gasteiger partial charge on any atom is -0.478 e. The molecule has 0 saturated carbocycles. The van der Waals surface area contributed by atoms with Crippen LogP contribution in [0.25, 0.3) is 0 Å². The number of carboxylic acid groups (broad SMARTS) is 1. The van der Waals surface area contributed by atoms with Crippen molar-refractivity contribution in [2.75, 3.05) is 5.32 Å². The Morgan fingerprint density at radius 1 is 1.32 bits per heavy atom. The van der Waals surface area contributed by atoms with Crippen molar-refractivity contribution >= 4 is 28.4 Å². The Labute approximate surface area is 114 Å². The van der Waals surface area contributed by atoms with Gasteiger partial charge in [0.05, 0.1) is 5.69 Å². The molecular formula is C13H12N2O3S. The molecule has 1 heterocycles. The summed E-state index contributed by atoms with van der Waals surface area (Å²) < 4.78 is 3.95. The summed E-state index contributed by atoms with van der Waals surface area (Å²) in [6.07, 6.45) is 0. The van der Waals surface area contributed by atoms with E-state index in [1.807, 2.05) is 13.0 Å². The van der Waals surface area contributed by atoms with Crippen molar-refractivity contribution in [3.8, 4) is 0 Å². The van der Waals surface area contributed by atoms with E-state index in [-0.39, 0.29) is 16.5 Å². The first-order valence-electron chi connectivity index (χ1n) is 5.56. The molecular weight excluding hydrogens is 264 g/mol. The third-order valence-corrected chi connectivity index (χ3v) is 3.44. The fraction of sp³-hybridized carbons (Fsp3) is 0.154. The van der Waals surface area contributed by atoms with Gasteiger partial charge in [0, 0.05) is 5.56 Å². The summed E-state index contributed by atoms with van der Waals surface area (Å²) in [5.74, 6) is -1.43. The molecule has 19 heavy (non-hydrogen) atoms. The molecule has 2 rings (SSSR count). The van der Waals surface area contributed by atoms with Crippen LogP contribution in [-0.4, -0.2) is 21.4 Å². The van der Waals surface area contributed by atoms with Crippen LogP contribution in [0.5, 0.6) is 0 Å². The molecule has 0 aliphatic rings. The monoisotopic (exact) mass is 276 g/mol. The van der Waals surface area contributed by atoms with Crippen LogP contribution in [0.1, 0.15) is 32.0 Å². The zero-order valence-corrected chi connectivity index (χ0v) is 11.2. The number of aromatic nitrogens is 1. The van der Waals surface area contributed by atoms with Crippen molar-refractivity contribution in [1.82, 2.24) is 4.37 Å². The van der Waals surface area contributed by atoms with Gasteiger partial charge in [0.15, 0.2) is 0 Å². The second-order valence-corrected chi connectivity index (χ2v) is 4.87. The first-order valence-corrected chi connectivity index (χ1v) is 6.34. The highest BCUT2D eigenvalue weighted by atomic mass is 32.1. The normalized spacial score (nSPS) is 10.2. The lowest BCUT2D eigenvalue weighted by molar-refractivity contribution is 0.0697. The first kappa shape index (κ1) is 13.2. The van der Waals surface area contributed by atoms with Gasteiger partial charge in [0.25, 0.3) is 5.91 Å². The molecule has 0 aliphatic carbocycles. The number of rotatable bonds is 3. The third-order valence-electron chi connectivity index (χ3n) is 2.58. The number of benzene rings is 1. The fourth-order valence-electron chi connectivity index (χ4n) is 1.67. The van der Waals surface area contributed by atoms with Gasteiger partial charge in [-0.2, -0.15) is 4.37 Å². The lowest BCUT2D eigenvalue weighted by atomic mass is 10.1. The van der Waals surface area contributed by atoms with E-state index in [1.54, 1.807) is 25.1 Å². The van der Waals surface area contributed by atoms with Crippen LogP contribution in [0.4, 0.5) is 5.00 Å².